The monoisotopic (exact) mass is 627 g/mol. The average molecular weight is 628 g/mol. The van der Waals surface area contributed by atoms with E-state index >= 15 is 0 Å². The summed E-state index contributed by atoms with van der Waals surface area (Å²) in [6.07, 6.45) is 0. The number of para-hydroxylation sites is 2. The summed E-state index contributed by atoms with van der Waals surface area (Å²) in [4.78, 5) is 0. The zero-order chi connectivity index (χ0) is 32.8. The van der Waals surface area contributed by atoms with Crippen LogP contribution in [0.15, 0.2) is 144 Å². The molecule has 7 aromatic carbocycles. The molecule has 0 aliphatic carbocycles. The maximum atomic E-state index is 10.2. The van der Waals surface area contributed by atoms with E-state index in [0.29, 0.717) is 5.56 Å². The van der Waals surface area contributed by atoms with Crippen molar-refractivity contribution in [2.24, 2.45) is 0 Å². The van der Waals surface area contributed by atoms with Gasteiger partial charge < -0.3 is 13.6 Å². The van der Waals surface area contributed by atoms with Crippen molar-refractivity contribution in [3.05, 3.63) is 156 Å². The van der Waals surface area contributed by atoms with Crippen molar-refractivity contribution in [2.45, 2.75) is 13.8 Å². The fraction of sp³-hybridized carbons (Fsp3) is 0.0444. The molecule has 49 heavy (non-hydrogen) atoms. The highest BCUT2D eigenvalue weighted by atomic mass is 16.3. The number of rotatable bonds is 3. The first-order valence-corrected chi connectivity index (χ1v) is 16.6. The summed E-state index contributed by atoms with van der Waals surface area (Å²) in [5.74, 6) is 0. The maximum absolute atomic E-state index is 10.2. The topological polar surface area (TPSA) is 46.8 Å². The molecule has 10 rings (SSSR count). The lowest BCUT2D eigenvalue weighted by Crippen LogP contribution is -1.97. The lowest BCUT2D eigenvalue weighted by atomic mass is 10.0. The molecule has 0 bridgehead atoms. The molecule has 0 radical (unpaired) electrons. The summed E-state index contributed by atoms with van der Waals surface area (Å²) in [5.41, 5.74) is 13.4. The second kappa shape index (κ2) is 10.2. The predicted molar refractivity (Wildman–Crippen MR) is 202 cm³/mol. The van der Waals surface area contributed by atoms with Crippen molar-refractivity contribution >= 4 is 65.6 Å². The minimum absolute atomic E-state index is 0.622. The first kappa shape index (κ1) is 27.5. The predicted octanol–water partition coefficient (Wildman–Crippen LogP) is 11.9. The first-order valence-electron chi connectivity index (χ1n) is 16.6. The second-order valence-corrected chi connectivity index (χ2v) is 13.1. The van der Waals surface area contributed by atoms with Crippen molar-refractivity contribution in [1.29, 1.82) is 5.26 Å². The Morgan fingerprint density at radius 1 is 0.490 bits per heavy atom. The Labute approximate surface area is 282 Å². The van der Waals surface area contributed by atoms with E-state index in [2.05, 4.69) is 144 Å². The van der Waals surface area contributed by atoms with Gasteiger partial charge in [0.25, 0.3) is 0 Å². The molecule has 0 spiro atoms. The second-order valence-electron chi connectivity index (χ2n) is 13.1. The number of hydrogen-bond donors (Lipinski definition) is 0. The van der Waals surface area contributed by atoms with E-state index in [4.69, 9.17) is 4.42 Å². The summed E-state index contributed by atoms with van der Waals surface area (Å²) in [6, 6.07) is 51.7. The number of nitrogens with zero attached hydrogens (tertiary/aromatic N) is 3. The third kappa shape index (κ3) is 4.03. The van der Waals surface area contributed by atoms with Crippen LogP contribution in [0.5, 0.6) is 0 Å². The van der Waals surface area contributed by atoms with Crippen molar-refractivity contribution in [2.75, 3.05) is 0 Å². The zero-order valence-electron chi connectivity index (χ0n) is 27.0. The minimum atomic E-state index is 0.622. The SMILES string of the molecule is Cc1ccc2c(c1)c1cc(C)ccc1n2-c1cc(C#N)cc(-c2cccc(-n3c4ccccc4c4c5oc6ccccc6c5ccc43)c2)c1. The van der Waals surface area contributed by atoms with Crippen LogP contribution in [0, 0.1) is 25.2 Å². The van der Waals surface area contributed by atoms with Crippen LogP contribution in [0.4, 0.5) is 0 Å². The third-order valence-corrected chi connectivity index (χ3v) is 10.00. The molecular formula is C45H29N3O. The highest BCUT2D eigenvalue weighted by molar-refractivity contribution is 6.23. The molecule has 230 valence electrons. The number of hydrogen-bond acceptors (Lipinski definition) is 2. The van der Waals surface area contributed by atoms with Gasteiger partial charge >= 0.3 is 0 Å². The Morgan fingerprint density at radius 3 is 1.92 bits per heavy atom. The average Bonchev–Trinajstić information content (AvgIpc) is 3.78. The molecule has 4 heteroatoms. The van der Waals surface area contributed by atoms with E-state index in [1.54, 1.807) is 0 Å². The number of fused-ring (bicyclic) bond motifs is 10. The molecule has 3 heterocycles. The van der Waals surface area contributed by atoms with Crippen molar-refractivity contribution in [1.82, 2.24) is 9.13 Å². The maximum Gasteiger partial charge on any atom is 0.145 e. The summed E-state index contributed by atoms with van der Waals surface area (Å²) in [7, 11) is 0. The van der Waals surface area contributed by atoms with E-state index < -0.39 is 0 Å². The van der Waals surface area contributed by atoms with Crippen LogP contribution < -0.4 is 0 Å². The molecule has 0 saturated carbocycles. The van der Waals surface area contributed by atoms with Crippen LogP contribution in [-0.2, 0) is 0 Å². The standard InChI is InChI=1S/C45H29N3O/c1-27-14-17-40-37(20-27)38-21-28(2)15-18-41(38)48(40)33-23-29(26-46)22-31(25-33)30-8-7-9-32(24-30)47-39-12-5-3-11-36(39)44-42(47)19-16-35-34-10-4-6-13-43(34)49-45(35)44/h3-25H,1-2H3. The number of furan rings is 1. The van der Waals surface area contributed by atoms with E-state index in [0.717, 1.165) is 77.3 Å². The molecular weight excluding hydrogens is 599 g/mol. The molecule has 0 aliphatic rings. The fourth-order valence-corrected chi connectivity index (χ4v) is 7.84. The van der Waals surface area contributed by atoms with Gasteiger partial charge in [-0.2, -0.15) is 5.26 Å². The smallest absolute Gasteiger partial charge is 0.145 e. The van der Waals surface area contributed by atoms with Gasteiger partial charge in [-0.3, -0.25) is 0 Å². The molecule has 0 N–H and O–H groups in total. The highest BCUT2D eigenvalue weighted by Gasteiger charge is 2.19. The van der Waals surface area contributed by atoms with E-state index in [-0.39, 0.29) is 0 Å². The van der Waals surface area contributed by atoms with Gasteiger partial charge in [0.05, 0.1) is 39.1 Å². The lowest BCUT2D eigenvalue weighted by Gasteiger charge is -2.13. The van der Waals surface area contributed by atoms with Gasteiger partial charge in [-0.05, 0) is 104 Å². The number of benzene rings is 7. The van der Waals surface area contributed by atoms with Gasteiger partial charge in [0.15, 0.2) is 0 Å². The summed E-state index contributed by atoms with van der Waals surface area (Å²) in [6.45, 7) is 4.27. The van der Waals surface area contributed by atoms with Gasteiger partial charge in [-0.15, -0.1) is 0 Å². The Kier molecular flexibility index (Phi) is 5.74. The van der Waals surface area contributed by atoms with E-state index in [1.807, 2.05) is 24.3 Å². The highest BCUT2D eigenvalue weighted by Crippen LogP contribution is 2.41. The molecule has 0 amide bonds. The quantitative estimate of drug-likeness (QED) is 0.196. The Hall–Kier alpha value is -6.57. The Morgan fingerprint density at radius 2 is 1.14 bits per heavy atom. The van der Waals surface area contributed by atoms with Crippen LogP contribution in [0.2, 0.25) is 0 Å². The summed E-state index contributed by atoms with van der Waals surface area (Å²) >= 11 is 0. The molecule has 0 saturated heterocycles. The Bertz CT molecular complexity index is 2980. The van der Waals surface area contributed by atoms with Crippen LogP contribution in [0.1, 0.15) is 16.7 Å². The fourth-order valence-electron chi connectivity index (χ4n) is 7.84. The van der Waals surface area contributed by atoms with Gasteiger partial charge in [-0.1, -0.05) is 71.8 Å². The van der Waals surface area contributed by atoms with Gasteiger partial charge in [0.2, 0.25) is 0 Å². The van der Waals surface area contributed by atoms with E-state index in [1.165, 1.54) is 21.9 Å². The minimum Gasteiger partial charge on any atom is -0.455 e. The molecule has 4 nitrogen and oxygen atoms in total. The van der Waals surface area contributed by atoms with Crippen molar-refractivity contribution < 1.29 is 4.42 Å². The third-order valence-electron chi connectivity index (χ3n) is 10.00. The molecule has 3 aromatic heterocycles. The Balaban J connectivity index is 1.19. The van der Waals surface area contributed by atoms with Crippen LogP contribution in [-0.4, -0.2) is 9.13 Å². The molecule has 0 aliphatic heterocycles. The van der Waals surface area contributed by atoms with Crippen LogP contribution >= 0.6 is 0 Å². The van der Waals surface area contributed by atoms with Gasteiger partial charge in [0, 0.05) is 38.3 Å². The summed E-state index contributed by atoms with van der Waals surface area (Å²) < 4.78 is 11.1. The first-order chi connectivity index (χ1) is 24.1. The number of nitriles is 1. The number of aromatic nitrogens is 2. The van der Waals surface area contributed by atoms with Crippen LogP contribution in [0.3, 0.4) is 0 Å². The molecule has 0 atom stereocenters. The van der Waals surface area contributed by atoms with Crippen LogP contribution in [0.25, 0.3) is 88.1 Å². The largest absolute Gasteiger partial charge is 0.455 e. The number of aryl methyl sites for hydroxylation is 2. The molecule has 0 unspecified atom stereocenters. The van der Waals surface area contributed by atoms with Gasteiger partial charge in [-0.25, -0.2) is 0 Å². The van der Waals surface area contributed by atoms with Crippen molar-refractivity contribution in [3.63, 3.8) is 0 Å². The van der Waals surface area contributed by atoms with Crippen molar-refractivity contribution in [3.8, 4) is 28.6 Å². The molecule has 0 fully saturated rings. The summed E-state index contributed by atoms with van der Waals surface area (Å²) in [5, 5.41) is 17.2. The zero-order valence-corrected chi connectivity index (χ0v) is 27.0. The lowest BCUT2D eigenvalue weighted by molar-refractivity contribution is 0.673. The molecule has 10 aromatic rings. The van der Waals surface area contributed by atoms with Gasteiger partial charge in [0.1, 0.15) is 11.2 Å². The van der Waals surface area contributed by atoms with E-state index in [9.17, 15) is 5.26 Å². The normalized spacial score (nSPS) is 11.9.